The van der Waals surface area contributed by atoms with Gasteiger partial charge in [0.25, 0.3) is 5.22 Å². The Bertz CT molecular complexity index is 1140. The maximum Gasteiger partial charge on any atom is 0.341 e. The molecular formula is C21H22N4O5S2. The largest absolute Gasteiger partial charge is 0.462 e. The van der Waals surface area contributed by atoms with E-state index in [0.29, 0.717) is 27.7 Å². The standard InChI is InChI=1S/C21H22N4O5S2/c1-5-29-20(28)17-11(2)12(3)32-19(17)23-16(27)10-31-21-25-24-18(30-21)14-6-8-15(9-7-14)22-13(4)26/h6-9H,5,10H2,1-4H3,(H,22,26)(H,23,27). The van der Waals surface area contributed by atoms with E-state index >= 15 is 0 Å². The number of thiophene rings is 1. The van der Waals surface area contributed by atoms with Crippen molar-refractivity contribution in [3.63, 3.8) is 0 Å². The van der Waals surface area contributed by atoms with E-state index in [0.717, 1.165) is 22.2 Å². The summed E-state index contributed by atoms with van der Waals surface area (Å²) in [5.74, 6) is -0.586. The highest BCUT2D eigenvalue weighted by Crippen LogP contribution is 2.33. The molecule has 2 amide bonds. The topological polar surface area (TPSA) is 123 Å². The molecule has 3 aromatic rings. The van der Waals surface area contributed by atoms with Crippen molar-refractivity contribution >= 4 is 51.6 Å². The zero-order chi connectivity index (χ0) is 23.3. The number of thioether (sulfide) groups is 1. The van der Waals surface area contributed by atoms with Crippen LogP contribution in [0, 0.1) is 13.8 Å². The molecule has 3 rings (SSSR count). The summed E-state index contributed by atoms with van der Waals surface area (Å²) in [6, 6.07) is 6.96. The molecule has 168 valence electrons. The van der Waals surface area contributed by atoms with E-state index in [1.54, 1.807) is 31.2 Å². The highest BCUT2D eigenvalue weighted by atomic mass is 32.2. The summed E-state index contributed by atoms with van der Waals surface area (Å²) in [5, 5.41) is 14.1. The van der Waals surface area contributed by atoms with E-state index in [9.17, 15) is 14.4 Å². The van der Waals surface area contributed by atoms with Crippen molar-refractivity contribution < 1.29 is 23.5 Å². The van der Waals surface area contributed by atoms with Gasteiger partial charge in [0.2, 0.25) is 17.7 Å². The molecule has 0 saturated carbocycles. The number of carbonyl (C=O) groups excluding carboxylic acids is 3. The number of hydrogen-bond donors (Lipinski definition) is 2. The third-order valence-electron chi connectivity index (χ3n) is 4.30. The minimum Gasteiger partial charge on any atom is -0.462 e. The normalized spacial score (nSPS) is 10.6. The van der Waals surface area contributed by atoms with Gasteiger partial charge in [0.05, 0.1) is 17.9 Å². The number of nitrogens with one attached hydrogen (secondary N) is 2. The van der Waals surface area contributed by atoms with Gasteiger partial charge < -0.3 is 19.8 Å². The number of benzene rings is 1. The first-order valence-electron chi connectivity index (χ1n) is 9.69. The van der Waals surface area contributed by atoms with Crippen LogP contribution in [0.15, 0.2) is 33.9 Å². The lowest BCUT2D eigenvalue weighted by atomic mass is 10.1. The summed E-state index contributed by atoms with van der Waals surface area (Å²) in [4.78, 5) is 36.7. The Morgan fingerprint density at radius 2 is 1.84 bits per heavy atom. The van der Waals surface area contributed by atoms with Gasteiger partial charge in [-0.3, -0.25) is 9.59 Å². The number of esters is 1. The number of nitrogens with zero attached hydrogens (tertiary/aromatic N) is 2. The second-order valence-electron chi connectivity index (χ2n) is 6.68. The van der Waals surface area contributed by atoms with Crippen LogP contribution >= 0.6 is 23.1 Å². The first kappa shape index (κ1) is 23.5. The van der Waals surface area contributed by atoms with Crippen molar-refractivity contribution in [3.05, 3.63) is 40.3 Å². The summed E-state index contributed by atoms with van der Waals surface area (Å²) in [5.41, 5.74) is 2.53. The van der Waals surface area contributed by atoms with E-state index in [-0.39, 0.29) is 29.4 Å². The lowest BCUT2D eigenvalue weighted by molar-refractivity contribution is -0.114. The van der Waals surface area contributed by atoms with Crippen molar-refractivity contribution in [2.75, 3.05) is 23.0 Å². The smallest absolute Gasteiger partial charge is 0.341 e. The van der Waals surface area contributed by atoms with Gasteiger partial charge in [-0.1, -0.05) is 11.8 Å². The van der Waals surface area contributed by atoms with Crippen molar-refractivity contribution in [2.24, 2.45) is 0 Å². The van der Waals surface area contributed by atoms with Crippen LogP contribution in [-0.4, -0.2) is 40.3 Å². The molecule has 0 aliphatic carbocycles. The number of aromatic nitrogens is 2. The van der Waals surface area contributed by atoms with Crippen molar-refractivity contribution in [3.8, 4) is 11.5 Å². The van der Waals surface area contributed by atoms with Crippen LogP contribution in [-0.2, 0) is 14.3 Å². The zero-order valence-electron chi connectivity index (χ0n) is 18.0. The predicted octanol–water partition coefficient (Wildman–Crippen LogP) is 4.28. The molecule has 32 heavy (non-hydrogen) atoms. The number of aryl methyl sites for hydroxylation is 1. The molecule has 0 fully saturated rings. The van der Waals surface area contributed by atoms with Crippen LogP contribution in [0.2, 0.25) is 0 Å². The maximum atomic E-state index is 12.4. The van der Waals surface area contributed by atoms with Crippen LogP contribution < -0.4 is 10.6 Å². The lowest BCUT2D eigenvalue weighted by Crippen LogP contribution is -2.16. The van der Waals surface area contributed by atoms with Crippen LogP contribution in [0.5, 0.6) is 0 Å². The lowest BCUT2D eigenvalue weighted by Gasteiger charge is -2.06. The fraction of sp³-hybridized carbons (Fsp3) is 0.286. The molecule has 2 N–H and O–H groups in total. The van der Waals surface area contributed by atoms with E-state index < -0.39 is 5.97 Å². The first-order valence-corrected chi connectivity index (χ1v) is 11.5. The summed E-state index contributed by atoms with van der Waals surface area (Å²) in [7, 11) is 0. The molecule has 1 aromatic carbocycles. The second-order valence-corrected chi connectivity index (χ2v) is 8.83. The molecule has 0 atom stereocenters. The highest BCUT2D eigenvalue weighted by molar-refractivity contribution is 7.99. The Balaban J connectivity index is 1.61. The quantitative estimate of drug-likeness (QED) is 0.366. The number of carbonyl (C=O) groups is 3. The molecule has 0 radical (unpaired) electrons. The molecule has 2 aromatic heterocycles. The van der Waals surface area contributed by atoms with Gasteiger partial charge in [-0.2, -0.15) is 0 Å². The van der Waals surface area contributed by atoms with Crippen LogP contribution in [0.1, 0.15) is 34.6 Å². The van der Waals surface area contributed by atoms with E-state index in [4.69, 9.17) is 9.15 Å². The molecule has 0 aliphatic rings. The average molecular weight is 475 g/mol. The van der Waals surface area contributed by atoms with Gasteiger partial charge in [0, 0.05) is 23.1 Å². The van der Waals surface area contributed by atoms with E-state index in [1.165, 1.54) is 18.3 Å². The van der Waals surface area contributed by atoms with Crippen molar-refractivity contribution in [1.82, 2.24) is 10.2 Å². The third-order valence-corrected chi connectivity index (χ3v) is 6.24. The molecule has 0 spiro atoms. The second kappa shape index (κ2) is 10.4. The minimum atomic E-state index is -0.455. The van der Waals surface area contributed by atoms with Crippen molar-refractivity contribution in [2.45, 2.75) is 32.9 Å². The summed E-state index contributed by atoms with van der Waals surface area (Å²) in [6.07, 6.45) is 0. The molecular weight excluding hydrogens is 452 g/mol. The maximum absolute atomic E-state index is 12.4. The van der Waals surface area contributed by atoms with Gasteiger partial charge in [-0.25, -0.2) is 4.79 Å². The third kappa shape index (κ3) is 5.74. The predicted molar refractivity (Wildman–Crippen MR) is 123 cm³/mol. The van der Waals surface area contributed by atoms with Gasteiger partial charge >= 0.3 is 5.97 Å². The number of amides is 2. The molecule has 11 heteroatoms. The number of hydrogen-bond acceptors (Lipinski definition) is 9. The van der Waals surface area contributed by atoms with E-state index in [2.05, 4.69) is 20.8 Å². The fourth-order valence-electron chi connectivity index (χ4n) is 2.74. The van der Waals surface area contributed by atoms with E-state index in [1.807, 2.05) is 13.8 Å². The Morgan fingerprint density at radius 3 is 2.50 bits per heavy atom. The van der Waals surface area contributed by atoms with Crippen molar-refractivity contribution in [1.29, 1.82) is 0 Å². The van der Waals surface area contributed by atoms with Gasteiger partial charge in [-0.05, 0) is 50.6 Å². The summed E-state index contributed by atoms with van der Waals surface area (Å²) >= 11 is 2.42. The average Bonchev–Trinajstić information content (AvgIpc) is 3.31. The SMILES string of the molecule is CCOC(=O)c1c(NC(=O)CSc2nnc(-c3ccc(NC(C)=O)cc3)o2)sc(C)c1C. The monoisotopic (exact) mass is 474 g/mol. The van der Waals surface area contributed by atoms with Crippen LogP contribution in [0.25, 0.3) is 11.5 Å². The van der Waals surface area contributed by atoms with Crippen LogP contribution in [0.3, 0.4) is 0 Å². The van der Waals surface area contributed by atoms with Crippen LogP contribution in [0.4, 0.5) is 10.7 Å². The first-order chi connectivity index (χ1) is 15.3. The molecule has 0 aliphatic heterocycles. The molecule has 0 saturated heterocycles. The van der Waals surface area contributed by atoms with Gasteiger partial charge in [0.15, 0.2) is 0 Å². The number of anilines is 2. The number of rotatable bonds is 8. The molecule has 2 heterocycles. The molecule has 0 unspecified atom stereocenters. The highest BCUT2D eigenvalue weighted by Gasteiger charge is 2.22. The minimum absolute atomic E-state index is 0.0291. The van der Waals surface area contributed by atoms with Gasteiger partial charge in [-0.15, -0.1) is 21.5 Å². The fourth-order valence-corrected chi connectivity index (χ4v) is 4.37. The molecule has 9 nitrogen and oxygen atoms in total. The Labute approximate surface area is 192 Å². The Hall–Kier alpha value is -3.18. The summed E-state index contributed by atoms with van der Waals surface area (Å²) in [6.45, 7) is 7.13. The Morgan fingerprint density at radius 1 is 1.12 bits per heavy atom. The molecule has 0 bridgehead atoms. The zero-order valence-corrected chi connectivity index (χ0v) is 19.6. The summed E-state index contributed by atoms with van der Waals surface area (Å²) < 4.78 is 10.7. The Kier molecular flexibility index (Phi) is 7.65. The number of ether oxygens (including phenoxy) is 1. The van der Waals surface area contributed by atoms with Gasteiger partial charge in [0.1, 0.15) is 5.00 Å².